The first-order valence-electron chi connectivity index (χ1n) is 32.0. The zero-order valence-electron chi connectivity index (χ0n) is 48.8. The number of carbonyl (C=O) groups is 3. The van der Waals surface area contributed by atoms with Crippen molar-refractivity contribution in [3.63, 3.8) is 0 Å². The highest BCUT2D eigenvalue weighted by Crippen LogP contribution is 2.23. The Balaban J connectivity index is 4.93. The molecule has 422 valence electrons. The summed E-state index contributed by atoms with van der Waals surface area (Å²) in [6.07, 6.45) is 54.7. The van der Waals surface area contributed by atoms with Crippen LogP contribution < -0.4 is 5.32 Å². The molecule has 7 heteroatoms. The number of nitrogens with one attached hydrogen (secondary N) is 1. The Labute approximate surface area is 443 Å². The highest BCUT2D eigenvalue weighted by Gasteiger charge is 2.16. The van der Waals surface area contributed by atoms with Gasteiger partial charge in [-0.1, -0.05) is 247 Å². The molecule has 0 aliphatic carbocycles. The predicted molar refractivity (Wildman–Crippen MR) is 306 cm³/mol. The van der Waals surface area contributed by atoms with Crippen LogP contribution in [0.1, 0.15) is 343 Å². The molecule has 0 saturated carbocycles. The highest BCUT2D eigenvalue weighted by atomic mass is 16.5. The molecule has 0 aliphatic rings. The monoisotopic (exact) mass is 1000 g/mol. The summed E-state index contributed by atoms with van der Waals surface area (Å²) in [4.78, 5) is 38.4. The molecule has 4 atom stereocenters. The van der Waals surface area contributed by atoms with E-state index >= 15 is 0 Å². The summed E-state index contributed by atoms with van der Waals surface area (Å²) in [6.45, 7) is 16.4. The second-order valence-electron chi connectivity index (χ2n) is 22.5. The van der Waals surface area contributed by atoms with Crippen LogP contribution in [-0.2, 0) is 28.6 Å². The largest absolute Gasteiger partial charge is 0.465 e. The highest BCUT2D eigenvalue weighted by molar-refractivity contribution is 5.69. The molecule has 0 heterocycles. The molecule has 0 bridgehead atoms. The Morgan fingerprint density at radius 2 is 0.521 bits per heavy atom. The van der Waals surface area contributed by atoms with Gasteiger partial charge in [0.1, 0.15) is 0 Å². The van der Waals surface area contributed by atoms with Crippen molar-refractivity contribution in [3.05, 3.63) is 0 Å². The van der Waals surface area contributed by atoms with Gasteiger partial charge in [-0.05, 0) is 101 Å². The van der Waals surface area contributed by atoms with E-state index in [9.17, 15) is 14.4 Å². The number of unbranched alkanes of at least 4 members (excludes halogenated alkanes) is 27. The second kappa shape index (κ2) is 56.1. The lowest BCUT2D eigenvalue weighted by molar-refractivity contribution is -0.146. The van der Waals surface area contributed by atoms with Crippen LogP contribution in [0.3, 0.4) is 0 Å². The van der Waals surface area contributed by atoms with Crippen molar-refractivity contribution >= 4 is 17.9 Å². The fourth-order valence-electron chi connectivity index (χ4n) is 10.4. The number of rotatable bonds is 58. The summed E-state index contributed by atoms with van der Waals surface area (Å²) in [5.41, 5.74) is 0. The van der Waals surface area contributed by atoms with Crippen LogP contribution in [0.5, 0.6) is 0 Å². The Hall–Kier alpha value is -1.63. The van der Waals surface area contributed by atoms with Gasteiger partial charge in [-0.2, -0.15) is 0 Å². The summed E-state index contributed by atoms with van der Waals surface area (Å²) in [5.74, 6) is 1.50. The quantitative estimate of drug-likeness (QED) is 0.0369. The van der Waals surface area contributed by atoms with Crippen LogP contribution in [0, 0.1) is 17.8 Å². The first-order chi connectivity index (χ1) is 34.8. The van der Waals surface area contributed by atoms with Crippen molar-refractivity contribution in [2.24, 2.45) is 17.8 Å². The Bertz CT molecular complexity index is 1110. The summed E-state index contributed by atoms with van der Waals surface area (Å²) < 4.78 is 17.6. The molecule has 0 aliphatic heterocycles. The lowest BCUT2D eigenvalue weighted by atomic mass is 9.95. The van der Waals surface area contributed by atoms with Gasteiger partial charge in [0, 0.05) is 25.3 Å². The Morgan fingerprint density at radius 3 is 0.859 bits per heavy atom. The SMILES string of the molecule is CCCCCCCCC(CCCCCC)COC(=O)CCCCCCC(CCCCCC(=O)OCC(CCCCCC)CCCCCCCC)NCCCCCC(=O)OCC(CCCC)CCCCCC. The van der Waals surface area contributed by atoms with E-state index in [1.54, 1.807) is 0 Å². The number of hydrogen-bond donors (Lipinski definition) is 1. The molecule has 0 aromatic carbocycles. The molecule has 71 heavy (non-hydrogen) atoms. The minimum Gasteiger partial charge on any atom is -0.465 e. The van der Waals surface area contributed by atoms with E-state index < -0.39 is 0 Å². The number of ether oxygens (including phenoxy) is 3. The Kier molecular flexibility index (Phi) is 54.8. The third kappa shape index (κ3) is 50.3. The molecule has 0 amide bonds. The van der Waals surface area contributed by atoms with Crippen molar-refractivity contribution < 1.29 is 28.6 Å². The third-order valence-corrected chi connectivity index (χ3v) is 15.3. The second-order valence-corrected chi connectivity index (χ2v) is 22.5. The summed E-state index contributed by atoms with van der Waals surface area (Å²) in [5, 5.41) is 3.89. The first-order valence-corrected chi connectivity index (χ1v) is 32.0. The van der Waals surface area contributed by atoms with Crippen LogP contribution >= 0.6 is 0 Å². The summed E-state index contributed by atoms with van der Waals surface area (Å²) in [7, 11) is 0. The zero-order valence-corrected chi connectivity index (χ0v) is 48.8. The standard InChI is InChI=1S/C64H125NO6/c1-7-13-19-24-26-35-47-59(45-33-22-16-10-4)56-70-62(66)51-39-29-28-37-49-61(65-54-42-31-41-53-64(68)69-55-58(43-18-12-6)44-32-21-15-9-3)50-38-30-40-52-63(67)71-57-60(46-34-23-17-11-5)48-36-27-25-20-14-8-2/h58-61,65H,7-57H2,1-6H3. The number of hydrogen-bond acceptors (Lipinski definition) is 7. The van der Waals surface area contributed by atoms with Gasteiger partial charge in [0.25, 0.3) is 0 Å². The molecule has 4 unspecified atom stereocenters. The van der Waals surface area contributed by atoms with E-state index in [4.69, 9.17) is 14.2 Å². The lowest BCUT2D eigenvalue weighted by Gasteiger charge is -2.19. The van der Waals surface area contributed by atoms with E-state index in [0.29, 0.717) is 62.9 Å². The van der Waals surface area contributed by atoms with Crippen molar-refractivity contribution in [2.45, 2.75) is 349 Å². The molecule has 0 rings (SSSR count). The molecule has 0 saturated heterocycles. The normalized spacial score (nSPS) is 13.3. The van der Waals surface area contributed by atoms with E-state index in [-0.39, 0.29) is 17.9 Å². The zero-order chi connectivity index (χ0) is 51.9. The van der Waals surface area contributed by atoms with E-state index in [0.717, 1.165) is 83.6 Å². The van der Waals surface area contributed by atoms with Crippen molar-refractivity contribution in [3.8, 4) is 0 Å². The molecule has 0 fully saturated rings. The molecule has 1 N–H and O–H groups in total. The average Bonchev–Trinajstić information content (AvgIpc) is 3.37. The average molecular weight is 1000 g/mol. The van der Waals surface area contributed by atoms with Gasteiger partial charge in [-0.25, -0.2) is 0 Å². The molecule has 7 nitrogen and oxygen atoms in total. The van der Waals surface area contributed by atoms with Crippen molar-refractivity contribution in [2.75, 3.05) is 26.4 Å². The predicted octanol–water partition coefficient (Wildman–Crippen LogP) is 19.9. The van der Waals surface area contributed by atoms with Crippen LogP contribution in [0.25, 0.3) is 0 Å². The summed E-state index contributed by atoms with van der Waals surface area (Å²) >= 11 is 0. The van der Waals surface area contributed by atoms with E-state index in [1.165, 1.54) is 205 Å². The van der Waals surface area contributed by atoms with Gasteiger partial charge in [0.2, 0.25) is 0 Å². The maximum absolute atomic E-state index is 12.9. The third-order valence-electron chi connectivity index (χ3n) is 15.3. The maximum atomic E-state index is 12.9. The molecular weight excluding hydrogens is 879 g/mol. The van der Waals surface area contributed by atoms with E-state index in [2.05, 4.69) is 46.9 Å². The van der Waals surface area contributed by atoms with Gasteiger partial charge in [-0.3, -0.25) is 14.4 Å². The van der Waals surface area contributed by atoms with Crippen LogP contribution in [0.4, 0.5) is 0 Å². The minimum absolute atomic E-state index is 0.00689. The Morgan fingerprint density at radius 1 is 0.282 bits per heavy atom. The number of carbonyl (C=O) groups excluding carboxylic acids is 3. The fourth-order valence-corrected chi connectivity index (χ4v) is 10.4. The van der Waals surface area contributed by atoms with Gasteiger partial charge in [-0.15, -0.1) is 0 Å². The van der Waals surface area contributed by atoms with E-state index in [1.807, 2.05) is 0 Å². The van der Waals surface area contributed by atoms with Gasteiger partial charge in [0.05, 0.1) is 19.8 Å². The molecule has 0 spiro atoms. The van der Waals surface area contributed by atoms with Crippen molar-refractivity contribution in [1.29, 1.82) is 0 Å². The van der Waals surface area contributed by atoms with Gasteiger partial charge >= 0.3 is 17.9 Å². The molecular formula is C64H125NO6. The lowest BCUT2D eigenvalue weighted by Crippen LogP contribution is -2.30. The number of esters is 3. The fraction of sp³-hybridized carbons (Fsp3) is 0.953. The van der Waals surface area contributed by atoms with Crippen LogP contribution in [-0.4, -0.2) is 50.3 Å². The molecule has 0 aromatic rings. The summed E-state index contributed by atoms with van der Waals surface area (Å²) in [6, 6.07) is 0.450. The van der Waals surface area contributed by atoms with Crippen molar-refractivity contribution in [1.82, 2.24) is 5.32 Å². The smallest absolute Gasteiger partial charge is 0.305 e. The minimum atomic E-state index is -0.0241. The molecule has 0 aromatic heterocycles. The topological polar surface area (TPSA) is 90.9 Å². The maximum Gasteiger partial charge on any atom is 0.305 e. The van der Waals surface area contributed by atoms with Crippen LogP contribution in [0.2, 0.25) is 0 Å². The van der Waals surface area contributed by atoms with Gasteiger partial charge in [0.15, 0.2) is 0 Å². The van der Waals surface area contributed by atoms with Gasteiger partial charge < -0.3 is 19.5 Å². The first kappa shape index (κ1) is 69.4. The van der Waals surface area contributed by atoms with Crippen LogP contribution in [0.15, 0.2) is 0 Å². The molecule has 0 radical (unpaired) electrons.